The molecular weight excluding hydrogens is 236 g/mol. The van der Waals surface area contributed by atoms with E-state index in [4.69, 9.17) is 4.74 Å². The maximum atomic E-state index is 11.4. The standard InChI is InChI=1S/C12H12N2O2S/c1-16-10-7-13-12(14-11(10)15)17-8-9-5-3-2-4-6-9/h2-7H,8H2,1H3,(H,13,14,15). The van der Waals surface area contributed by atoms with Crippen molar-refractivity contribution in [1.82, 2.24) is 9.97 Å². The molecular formula is C12H12N2O2S. The minimum absolute atomic E-state index is 0.231. The van der Waals surface area contributed by atoms with Crippen molar-refractivity contribution in [3.05, 3.63) is 52.4 Å². The molecule has 0 aliphatic heterocycles. The molecule has 1 aromatic carbocycles. The van der Waals surface area contributed by atoms with Gasteiger partial charge in [-0.25, -0.2) is 4.98 Å². The van der Waals surface area contributed by atoms with Crippen molar-refractivity contribution in [3.63, 3.8) is 0 Å². The number of thioether (sulfide) groups is 1. The highest BCUT2D eigenvalue weighted by molar-refractivity contribution is 7.98. The van der Waals surface area contributed by atoms with Gasteiger partial charge in [-0.1, -0.05) is 42.1 Å². The first kappa shape index (κ1) is 11.7. The number of hydrogen-bond donors (Lipinski definition) is 1. The summed E-state index contributed by atoms with van der Waals surface area (Å²) in [6.45, 7) is 0. The average molecular weight is 248 g/mol. The maximum Gasteiger partial charge on any atom is 0.293 e. The van der Waals surface area contributed by atoms with E-state index in [2.05, 4.69) is 9.97 Å². The summed E-state index contributed by atoms with van der Waals surface area (Å²) in [6, 6.07) is 10.0. The zero-order chi connectivity index (χ0) is 12.1. The Kier molecular flexibility index (Phi) is 3.82. The summed E-state index contributed by atoms with van der Waals surface area (Å²) in [7, 11) is 1.45. The minimum Gasteiger partial charge on any atom is -0.490 e. The summed E-state index contributed by atoms with van der Waals surface area (Å²) < 4.78 is 4.85. The quantitative estimate of drug-likeness (QED) is 0.664. The first-order valence-electron chi connectivity index (χ1n) is 5.09. The summed E-state index contributed by atoms with van der Waals surface area (Å²) >= 11 is 1.48. The van der Waals surface area contributed by atoms with E-state index in [1.54, 1.807) is 0 Å². The Bertz CT molecular complexity index is 540. The predicted molar refractivity (Wildman–Crippen MR) is 67.4 cm³/mol. The van der Waals surface area contributed by atoms with Gasteiger partial charge in [0.05, 0.1) is 13.3 Å². The van der Waals surface area contributed by atoms with Crippen molar-refractivity contribution in [1.29, 1.82) is 0 Å². The summed E-state index contributed by atoms with van der Waals surface area (Å²) in [4.78, 5) is 18.2. The van der Waals surface area contributed by atoms with Crippen LogP contribution in [0.1, 0.15) is 5.56 Å². The van der Waals surface area contributed by atoms with Crippen molar-refractivity contribution < 1.29 is 4.74 Å². The average Bonchev–Trinajstić information content (AvgIpc) is 2.38. The second-order valence-corrected chi connectivity index (χ2v) is 4.32. The number of methoxy groups -OCH3 is 1. The molecule has 5 heteroatoms. The van der Waals surface area contributed by atoms with Crippen molar-refractivity contribution in [2.45, 2.75) is 10.9 Å². The van der Waals surface area contributed by atoms with Crippen LogP contribution in [0, 0.1) is 0 Å². The number of H-pyrrole nitrogens is 1. The third-order valence-electron chi connectivity index (χ3n) is 2.18. The first-order valence-corrected chi connectivity index (χ1v) is 6.08. The monoisotopic (exact) mass is 248 g/mol. The van der Waals surface area contributed by atoms with Crippen molar-refractivity contribution in [3.8, 4) is 5.75 Å². The van der Waals surface area contributed by atoms with Crippen LogP contribution in [0.4, 0.5) is 0 Å². The fourth-order valence-corrected chi connectivity index (χ4v) is 2.10. The molecule has 4 nitrogen and oxygen atoms in total. The lowest BCUT2D eigenvalue weighted by molar-refractivity contribution is 0.404. The van der Waals surface area contributed by atoms with Crippen molar-refractivity contribution in [2.75, 3.05) is 7.11 Å². The normalized spacial score (nSPS) is 10.2. The molecule has 0 aliphatic rings. The fraction of sp³-hybridized carbons (Fsp3) is 0.167. The highest BCUT2D eigenvalue weighted by atomic mass is 32.2. The van der Waals surface area contributed by atoms with Crippen LogP contribution in [0.3, 0.4) is 0 Å². The Morgan fingerprint density at radius 3 is 2.76 bits per heavy atom. The van der Waals surface area contributed by atoms with Crippen LogP contribution in [-0.2, 0) is 5.75 Å². The van der Waals surface area contributed by atoms with Crippen LogP contribution in [-0.4, -0.2) is 17.1 Å². The number of ether oxygens (including phenoxy) is 1. The molecule has 0 fully saturated rings. The van der Waals surface area contributed by atoms with Gasteiger partial charge in [0.2, 0.25) is 5.75 Å². The highest BCUT2D eigenvalue weighted by Gasteiger charge is 2.02. The van der Waals surface area contributed by atoms with Crippen LogP contribution in [0.15, 0.2) is 46.5 Å². The molecule has 0 radical (unpaired) electrons. The lowest BCUT2D eigenvalue weighted by Gasteiger charge is -2.02. The van der Waals surface area contributed by atoms with E-state index in [0.29, 0.717) is 5.16 Å². The van der Waals surface area contributed by atoms with Gasteiger partial charge in [-0.3, -0.25) is 9.78 Å². The van der Waals surface area contributed by atoms with Gasteiger partial charge in [0, 0.05) is 5.75 Å². The molecule has 1 heterocycles. The van der Waals surface area contributed by atoms with Gasteiger partial charge in [0.1, 0.15) is 0 Å². The van der Waals surface area contributed by atoms with Crippen molar-refractivity contribution in [2.24, 2.45) is 0 Å². The molecule has 0 spiro atoms. The van der Waals surface area contributed by atoms with Gasteiger partial charge in [-0.15, -0.1) is 0 Å². The molecule has 0 saturated heterocycles. The predicted octanol–water partition coefficient (Wildman–Crippen LogP) is 2.07. The Morgan fingerprint density at radius 1 is 1.35 bits per heavy atom. The van der Waals surface area contributed by atoms with Gasteiger partial charge in [0.15, 0.2) is 5.16 Å². The molecule has 88 valence electrons. The van der Waals surface area contributed by atoms with Crippen LogP contribution < -0.4 is 10.3 Å². The molecule has 0 bridgehead atoms. The molecule has 0 amide bonds. The van der Waals surface area contributed by atoms with Gasteiger partial charge in [-0.05, 0) is 5.56 Å². The van der Waals surface area contributed by atoms with Crippen molar-refractivity contribution >= 4 is 11.8 Å². The van der Waals surface area contributed by atoms with E-state index in [9.17, 15) is 4.79 Å². The number of aromatic nitrogens is 2. The lowest BCUT2D eigenvalue weighted by Crippen LogP contribution is -2.10. The van der Waals surface area contributed by atoms with Gasteiger partial charge < -0.3 is 4.74 Å². The summed E-state index contributed by atoms with van der Waals surface area (Å²) in [6.07, 6.45) is 1.44. The van der Waals surface area contributed by atoms with Gasteiger partial charge in [0.25, 0.3) is 5.56 Å². The number of nitrogens with one attached hydrogen (secondary N) is 1. The summed E-state index contributed by atoms with van der Waals surface area (Å²) in [5.74, 6) is 1.00. The van der Waals surface area contributed by atoms with E-state index in [1.807, 2.05) is 30.3 Å². The smallest absolute Gasteiger partial charge is 0.293 e. The second-order valence-electron chi connectivity index (χ2n) is 3.36. The number of nitrogens with zero attached hydrogens (tertiary/aromatic N) is 1. The number of benzene rings is 1. The van der Waals surface area contributed by atoms with E-state index in [1.165, 1.54) is 30.6 Å². The fourth-order valence-electron chi connectivity index (χ4n) is 1.31. The zero-order valence-electron chi connectivity index (χ0n) is 9.34. The molecule has 1 N–H and O–H groups in total. The third kappa shape index (κ3) is 3.10. The van der Waals surface area contributed by atoms with Crippen LogP contribution in [0.2, 0.25) is 0 Å². The van der Waals surface area contributed by atoms with Gasteiger partial charge in [-0.2, -0.15) is 0 Å². The minimum atomic E-state index is -0.252. The molecule has 0 unspecified atom stereocenters. The van der Waals surface area contributed by atoms with Gasteiger partial charge >= 0.3 is 0 Å². The molecule has 17 heavy (non-hydrogen) atoms. The highest BCUT2D eigenvalue weighted by Crippen LogP contribution is 2.18. The maximum absolute atomic E-state index is 11.4. The Labute approximate surface area is 103 Å². The summed E-state index contributed by atoms with van der Waals surface area (Å²) in [5.41, 5.74) is 0.939. The number of rotatable bonds is 4. The number of aromatic amines is 1. The van der Waals surface area contributed by atoms with E-state index >= 15 is 0 Å². The van der Waals surface area contributed by atoms with E-state index < -0.39 is 0 Å². The number of hydrogen-bond acceptors (Lipinski definition) is 4. The molecule has 0 aliphatic carbocycles. The molecule has 2 rings (SSSR count). The van der Waals surface area contributed by atoms with Crippen LogP contribution in [0.25, 0.3) is 0 Å². The third-order valence-corrected chi connectivity index (χ3v) is 3.14. The van der Waals surface area contributed by atoms with E-state index in [0.717, 1.165) is 5.75 Å². The lowest BCUT2D eigenvalue weighted by atomic mass is 10.2. The van der Waals surface area contributed by atoms with Crippen LogP contribution in [0.5, 0.6) is 5.75 Å². The Morgan fingerprint density at radius 2 is 2.12 bits per heavy atom. The second kappa shape index (κ2) is 5.54. The SMILES string of the molecule is COc1cnc(SCc2ccccc2)[nH]c1=O. The molecule has 2 aromatic rings. The molecule has 0 atom stereocenters. The summed E-state index contributed by atoms with van der Waals surface area (Å²) in [5, 5.41) is 0.597. The van der Waals surface area contributed by atoms with Crippen LogP contribution >= 0.6 is 11.8 Å². The topological polar surface area (TPSA) is 55.0 Å². The zero-order valence-corrected chi connectivity index (χ0v) is 10.2. The molecule has 0 saturated carbocycles. The Hall–Kier alpha value is -1.75. The largest absolute Gasteiger partial charge is 0.490 e. The van der Waals surface area contributed by atoms with E-state index in [-0.39, 0.29) is 11.3 Å². The first-order chi connectivity index (χ1) is 8.29. The Balaban J connectivity index is 2.05. The molecule has 1 aromatic heterocycles.